The van der Waals surface area contributed by atoms with Crippen molar-refractivity contribution in [2.75, 3.05) is 6.54 Å². The van der Waals surface area contributed by atoms with E-state index >= 15 is 0 Å². The Kier molecular flexibility index (Phi) is 5.25. The molecular weight excluding hydrogens is 268 g/mol. The highest BCUT2D eigenvalue weighted by Gasteiger charge is 2.26. The van der Waals surface area contributed by atoms with Gasteiger partial charge in [-0.2, -0.15) is 0 Å². The summed E-state index contributed by atoms with van der Waals surface area (Å²) in [7, 11) is 0. The minimum absolute atomic E-state index is 0.544. The van der Waals surface area contributed by atoms with Crippen LogP contribution in [0.25, 0.3) is 0 Å². The molecule has 2 aromatic rings. The highest BCUT2D eigenvalue weighted by Crippen LogP contribution is 2.19. The molecule has 0 radical (unpaired) electrons. The van der Waals surface area contributed by atoms with E-state index in [0.29, 0.717) is 12.1 Å². The summed E-state index contributed by atoms with van der Waals surface area (Å²) in [6.45, 7) is 5.55. The first-order valence-corrected chi connectivity index (χ1v) is 8.38. The maximum atomic E-state index is 3.67. The van der Waals surface area contributed by atoms with E-state index in [1.807, 2.05) is 0 Å². The molecule has 1 heterocycles. The van der Waals surface area contributed by atoms with Gasteiger partial charge in [-0.15, -0.1) is 0 Å². The van der Waals surface area contributed by atoms with E-state index < -0.39 is 0 Å². The first-order valence-electron chi connectivity index (χ1n) is 8.38. The number of hydrogen-bond acceptors (Lipinski definition) is 2. The van der Waals surface area contributed by atoms with Gasteiger partial charge in [0.1, 0.15) is 0 Å². The number of nitrogens with zero attached hydrogens (tertiary/aromatic N) is 1. The zero-order valence-electron chi connectivity index (χ0n) is 13.4. The van der Waals surface area contributed by atoms with E-state index in [9.17, 15) is 0 Å². The van der Waals surface area contributed by atoms with Crippen LogP contribution in [0.1, 0.15) is 30.9 Å². The molecule has 22 heavy (non-hydrogen) atoms. The number of nitrogens with one attached hydrogen (secondary N) is 1. The normalized spacial score (nSPS) is 19.5. The average Bonchev–Trinajstić information content (AvgIpc) is 3.10. The molecule has 0 amide bonds. The lowest BCUT2D eigenvalue weighted by molar-refractivity contribution is 0.159. The van der Waals surface area contributed by atoms with E-state index in [4.69, 9.17) is 0 Å². The van der Waals surface area contributed by atoms with Gasteiger partial charge in [0.2, 0.25) is 0 Å². The lowest BCUT2D eigenvalue weighted by Gasteiger charge is -2.33. The fourth-order valence-corrected chi connectivity index (χ4v) is 3.36. The number of hydrogen-bond donors (Lipinski definition) is 1. The molecule has 2 heteroatoms. The Hall–Kier alpha value is -1.64. The summed E-state index contributed by atoms with van der Waals surface area (Å²) in [6.07, 6.45) is 2.60. The fraction of sp³-hybridized carbons (Fsp3) is 0.400. The zero-order valence-corrected chi connectivity index (χ0v) is 13.4. The van der Waals surface area contributed by atoms with E-state index in [1.165, 1.54) is 30.5 Å². The van der Waals surface area contributed by atoms with Crippen LogP contribution in [0.5, 0.6) is 0 Å². The zero-order chi connectivity index (χ0) is 15.2. The van der Waals surface area contributed by atoms with Gasteiger partial charge in [-0.05, 0) is 37.4 Å². The fourth-order valence-electron chi connectivity index (χ4n) is 3.36. The summed E-state index contributed by atoms with van der Waals surface area (Å²) < 4.78 is 0. The summed E-state index contributed by atoms with van der Waals surface area (Å²) in [5, 5.41) is 3.67. The number of benzene rings is 2. The molecule has 1 aliphatic heterocycles. The summed E-state index contributed by atoms with van der Waals surface area (Å²) in [5.41, 5.74) is 2.78. The van der Waals surface area contributed by atoms with Crippen molar-refractivity contribution in [1.82, 2.24) is 10.2 Å². The van der Waals surface area contributed by atoms with Crippen LogP contribution in [-0.4, -0.2) is 23.5 Å². The molecule has 3 rings (SSSR count). The maximum Gasteiger partial charge on any atom is 0.0240 e. The Labute approximate surface area is 134 Å². The predicted octanol–water partition coefficient (Wildman–Crippen LogP) is 3.83. The van der Waals surface area contributed by atoms with E-state index in [1.54, 1.807) is 0 Å². The minimum Gasteiger partial charge on any atom is -0.312 e. The van der Waals surface area contributed by atoms with Crippen LogP contribution < -0.4 is 5.32 Å². The molecule has 0 aliphatic carbocycles. The second-order valence-corrected chi connectivity index (χ2v) is 6.32. The monoisotopic (exact) mass is 294 g/mol. The van der Waals surface area contributed by atoms with Crippen LogP contribution in [0.15, 0.2) is 60.7 Å². The van der Waals surface area contributed by atoms with Gasteiger partial charge in [0.25, 0.3) is 0 Å². The Bertz CT molecular complexity index is 505. The van der Waals surface area contributed by atoms with Gasteiger partial charge in [0.15, 0.2) is 0 Å². The average molecular weight is 294 g/mol. The summed E-state index contributed by atoms with van der Waals surface area (Å²) in [6, 6.07) is 22.8. The third-order valence-electron chi connectivity index (χ3n) is 4.71. The van der Waals surface area contributed by atoms with Crippen LogP contribution in [-0.2, 0) is 13.1 Å². The van der Waals surface area contributed by atoms with Gasteiger partial charge in [-0.3, -0.25) is 4.90 Å². The Morgan fingerprint density at radius 1 is 0.955 bits per heavy atom. The summed E-state index contributed by atoms with van der Waals surface area (Å²) in [5.74, 6) is 0. The molecule has 0 aromatic heterocycles. The van der Waals surface area contributed by atoms with Crippen LogP contribution in [0.3, 0.4) is 0 Å². The molecule has 0 saturated carbocycles. The standard InChI is InChI=1S/C20H26N2/c1-17(20-13-8-14-21-20)22(15-18-9-4-2-5-10-18)16-19-11-6-3-7-12-19/h2-7,9-12,17,20-21H,8,13-16H2,1H3. The molecule has 2 nitrogen and oxygen atoms in total. The molecule has 1 saturated heterocycles. The van der Waals surface area contributed by atoms with Gasteiger partial charge >= 0.3 is 0 Å². The Morgan fingerprint density at radius 3 is 1.95 bits per heavy atom. The minimum atomic E-state index is 0.544. The molecule has 0 bridgehead atoms. The van der Waals surface area contributed by atoms with E-state index in [0.717, 1.165) is 13.1 Å². The van der Waals surface area contributed by atoms with Crippen molar-refractivity contribution in [3.05, 3.63) is 71.8 Å². The predicted molar refractivity (Wildman–Crippen MR) is 92.6 cm³/mol. The molecule has 0 spiro atoms. The number of rotatable bonds is 6. The van der Waals surface area contributed by atoms with Crippen molar-refractivity contribution in [1.29, 1.82) is 0 Å². The SMILES string of the molecule is CC(C1CCCN1)N(Cc1ccccc1)Cc1ccccc1. The molecule has 1 fully saturated rings. The van der Waals surface area contributed by atoms with Crippen LogP contribution in [0.4, 0.5) is 0 Å². The third-order valence-corrected chi connectivity index (χ3v) is 4.71. The van der Waals surface area contributed by atoms with E-state index in [2.05, 4.69) is 77.8 Å². The van der Waals surface area contributed by atoms with Crippen molar-refractivity contribution < 1.29 is 0 Å². The van der Waals surface area contributed by atoms with Crippen LogP contribution in [0, 0.1) is 0 Å². The Balaban J connectivity index is 1.75. The second-order valence-electron chi connectivity index (χ2n) is 6.32. The molecule has 2 aromatic carbocycles. The molecule has 1 N–H and O–H groups in total. The van der Waals surface area contributed by atoms with E-state index in [-0.39, 0.29) is 0 Å². The molecule has 116 valence electrons. The second kappa shape index (κ2) is 7.57. The van der Waals surface area contributed by atoms with Gasteiger partial charge in [0, 0.05) is 25.2 Å². The topological polar surface area (TPSA) is 15.3 Å². The molecule has 2 unspecified atom stereocenters. The first kappa shape index (κ1) is 15.3. The van der Waals surface area contributed by atoms with Crippen molar-refractivity contribution >= 4 is 0 Å². The highest BCUT2D eigenvalue weighted by atomic mass is 15.2. The smallest absolute Gasteiger partial charge is 0.0240 e. The van der Waals surface area contributed by atoms with Gasteiger partial charge in [-0.25, -0.2) is 0 Å². The third kappa shape index (κ3) is 3.96. The lowest BCUT2D eigenvalue weighted by atomic mass is 10.0. The van der Waals surface area contributed by atoms with Crippen molar-refractivity contribution in [3.63, 3.8) is 0 Å². The largest absolute Gasteiger partial charge is 0.312 e. The van der Waals surface area contributed by atoms with Gasteiger partial charge in [0.05, 0.1) is 0 Å². The van der Waals surface area contributed by atoms with Crippen molar-refractivity contribution in [3.8, 4) is 0 Å². The van der Waals surface area contributed by atoms with Crippen LogP contribution >= 0.6 is 0 Å². The maximum absolute atomic E-state index is 3.67. The first-order chi connectivity index (χ1) is 10.8. The lowest BCUT2D eigenvalue weighted by Crippen LogP contribution is -2.45. The summed E-state index contributed by atoms with van der Waals surface area (Å²) in [4.78, 5) is 2.60. The van der Waals surface area contributed by atoms with Crippen molar-refractivity contribution in [2.24, 2.45) is 0 Å². The van der Waals surface area contributed by atoms with Crippen molar-refractivity contribution in [2.45, 2.75) is 44.9 Å². The molecular formula is C20H26N2. The van der Waals surface area contributed by atoms with Crippen LogP contribution in [0.2, 0.25) is 0 Å². The summed E-state index contributed by atoms with van der Waals surface area (Å²) >= 11 is 0. The van der Waals surface area contributed by atoms with Gasteiger partial charge in [-0.1, -0.05) is 60.7 Å². The van der Waals surface area contributed by atoms with Gasteiger partial charge < -0.3 is 5.32 Å². The molecule has 1 aliphatic rings. The quantitative estimate of drug-likeness (QED) is 0.871. The Morgan fingerprint density at radius 2 is 1.50 bits per heavy atom. The molecule has 2 atom stereocenters. The highest BCUT2D eigenvalue weighted by molar-refractivity contribution is 5.17.